The molecule has 0 aliphatic carbocycles. The molecular weight excluding hydrogens is 412 g/mol. The first-order valence-corrected chi connectivity index (χ1v) is 10.5. The maximum atomic E-state index is 12.6. The Morgan fingerprint density at radius 2 is 1.84 bits per heavy atom. The van der Waals surface area contributed by atoms with E-state index >= 15 is 0 Å². The van der Waals surface area contributed by atoms with Gasteiger partial charge in [0.25, 0.3) is 5.91 Å². The van der Waals surface area contributed by atoms with Crippen LogP contribution in [-0.4, -0.2) is 28.9 Å². The minimum atomic E-state index is -0.315. The third-order valence-corrected chi connectivity index (χ3v) is 5.40. The molecular formula is C23H20N4O3S. The summed E-state index contributed by atoms with van der Waals surface area (Å²) in [6.07, 6.45) is 0. The van der Waals surface area contributed by atoms with Crippen molar-refractivity contribution in [2.24, 2.45) is 0 Å². The third kappa shape index (κ3) is 4.87. The topological polar surface area (TPSA) is 93.2 Å². The van der Waals surface area contributed by atoms with Gasteiger partial charge in [0.1, 0.15) is 11.4 Å². The standard InChI is InChI=1S/C23H20N4O3S/c1-14(28)24-12-15-3-5-16(6-4-15)21-13-31-23(26-21)27-22(29)20-9-7-17-11-18(30-2)8-10-19(17)25-20/h3-11,13H,12H2,1-2H3,(H,24,28)(H,26,27,29). The minimum absolute atomic E-state index is 0.0652. The average Bonchev–Trinajstić information content (AvgIpc) is 3.25. The number of nitrogens with one attached hydrogen (secondary N) is 2. The molecule has 0 radical (unpaired) electrons. The van der Waals surface area contributed by atoms with Crippen LogP contribution in [0, 0.1) is 0 Å². The molecule has 0 atom stereocenters. The van der Waals surface area contributed by atoms with Crippen molar-refractivity contribution in [2.75, 3.05) is 12.4 Å². The van der Waals surface area contributed by atoms with Gasteiger partial charge < -0.3 is 10.1 Å². The van der Waals surface area contributed by atoms with E-state index in [0.717, 1.165) is 28.0 Å². The molecule has 2 amide bonds. The Morgan fingerprint density at radius 3 is 2.58 bits per heavy atom. The van der Waals surface area contributed by atoms with Crippen LogP contribution in [0.5, 0.6) is 5.75 Å². The molecule has 4 aromatic rings. The Labute approximate surface area is 183 Å². The summed E-state index contributed by atoms with van der Waals surface area (Å²) in [5, 5.41) is 8.86. The average molecular weight is 433 g/mol. The van der Waals surface area contributed by atoms with E-state index in [0.29, 0.717) is 22.9 Å². The number of carbonyl (C=O) groups excluding carboxylic acids is 2. The van der Waals surface area contributed by atoms with Crippen molar-refractivity contribution in [1.29, 1.82) is 0 Å². The summed E-state index contributed by atoms with van der Waals surface area (Å²) < 4.78 is 5.22. The largest absolute Gasteiger partial charge is 0.497 e. The van der Waals surface area contributed by atoms with Crippen molar-refractivity contribution in [3.05, 3.63) is 71.2 Å². The summed E-state index contributed by atoms with van der Waals surface area (Å²) in [5.41, 5.74) is 3.73. The molecule has 2 N–H and O–H groups in total. The molecule has 8 heteroatoms. The zero-order chi connectivity index (χ0) is 21.8. The molecule has 0 aliphatic rings. The summed E-state index contributed by atoms with van der Waals surface area (Å²) in [7, 11) is 1.61. The summed E-state index contributed by atoms with van der Waals surface area (Å²) >= 11 is 1.35. The van der Waals surface area contributed by atoms with Crippen LogP contribution in [0.3, 0.4) is 0 Å². The number of carbonyl (C=O) groups is 2. The first kappa shape index (κ1) is 20.5. The van der Waals surface area contributed by atoms with E-state index in [2.05, 4.69) is 20.6 Å². The summed E-state index contributed by atoms with van der Waals surface area (Å²) in [4.78, 5) is 32.6. The van der Waals surface area contributed by atoms with E-state index in [1.54, 1.807) is 13.2 Å². The highest BCUT2D eigenvalue weighted by atomic mass is 32.1. The number of thiazole rings is 1. The Balaban J connectivity index is 1.45. The van der Waals surface area contributed by atoms with E-state index in [1.807, 2.05) is 53.9 Å². The lowest BCUT2D eigenvalue weighted by Gasteiger charge is -2.05. The van der Waals surface area contributed by atoms with Crippen molar-refractivity contribution in [3.8, 4) is 17.0 Å². The molecule has 31 heavy (non-hydrogen) atoms. The second kappa shape index (κ2) is 8.93. The molecule has 7 nitrogen and oxygen atoms in total. The second-order valence-corrected chi connectivity index (χ2v) is 7.71. The normalized spacial score (nSPS) is 10.6. The number of anilines is 1. The summed E-state index contributed by atoms with van der Waals surface area (Å²) in [5.74, 6) is 0.360. The van der Waals surface area contributed by atoms with E-state index in [4.69, 9.17) is 4.74 Å². The van der Waals surface area contributed by atoms with Crippen LogP contribution in [0.4, 0.5) is 5.13 Å². The molecule has 0 bridgehead atoms. The number of benzene rings is 2. The fraction of sp³-hybridized carbons (Fsp3) is 0.130. The molecule has 0 spiro atoms. The number of ether oxygens (including phenoxy) is 1. The van der Waals surface area contributed by atoms with Crippen molar-refractivity contribution < 1.29 is 14.3 Å². The number of pyridine rings is 1. The monoisotopic (exact) mass is 432 g/mol. The Kier molecular flexibility index (Phi) is 5.90. The van der Waals surface area contributed by atoms with E-state index in [9.17, 15) is 9.59 Å². The molecule has 0 saturated carbocycles. The number of aromatic nitrogens is 2. The molecule has 0 aliphatic heterocycles. The van der Waals surface area contributed by atoms with Gasteiger partial charge in [-0.3, -0.25) is 14.9 Å². The predicted molar refractivity (Wildman–Crippen MR) is 121 cm³/mol. The van der Waals surface area contributed by atoms with Gasteiger partial charge in [-0.15, -0.1) is 11.3 Å². The number of hydrogen-bond donors (Lipinski definition) is 2. The maximum absolute atomic E-state index is 12.6. The zero-order valence-corrected chi connectivity index (χ0v) is 17.8. The van der Waals surface area contributed by atoms with Crippen molar-refractivity contribution in [2.45, 2.75) is 13.5 Å². The van der Waals surface area contributed by atoms with Gasteiger partial charge in [-0.25, -0.2) is 9.97 Å². The Morgan fingerprint density at radius 1 is 1.03 bits per heavy atom. The van der Waals surface area contributed by atoms with Gasteiger partial charge in [0.05, 0.1) is 18.3 Å². The minimum Gasteiger partial charge on any atom is -0.497 e. The van der Waals surface area contributed by atoms with Crippen LogP contribution < -0.4 is 15.4 Å². The highest BCUT2D eigenvalue weighted by Crippen LogP contribution is 2.26. The second-order valence-electron chi connectivity index (χ2n) is 6.85. The van der Waals surface area contributed by atoms with Gasteiger partial charge >= 0.3 is 0 Å². The SMILES string of the molecule is COc1ccc2nc(C(=O)Nc3nc(-c4ccc(CNC(C)=O)cc4)cs3)ccc2c1. The maximum Gasteiger partial charge on any atom is 0.276 e. The van der Waals surface area contributed by atoms with E-state index < -0.39 is 0 Å². The number of fused-ring (bicyclic) bond motifs is 1. The Bertz CT molecular complexity index is 1250. The molecule has 0 saturated heterocycles. The number of nitrogens with zero attached hydrogens (tertiary/aromatic N) is 2. The highest BCUT2D eigenvalue weighted by Gasteiger charge is 2.12. The molecule has 156 valence electrons. The smallest absolute Gasteiger partial charge is 0.276 e. The van der Waals surface area contributed by atoms with Crippen LogP contribution in [0.1, 0.15) is 23.0 Å². The van der Waals surface area contributed by atoms with Gasteiger partial charge in [0.2, 0.25) is 5.91 Å². The lowest BCUT2D eigenvalue weighted by atomic mass is 10.1. The van der Waals surface area contributed by atoms with Crippen molar-refractivity contribution >= 4 is 39.2 Å². The number of amides is 2. The summed E-state index contributed by atoms with van der Waals surface area (Å²) in [6, 6.07) is 16.8. The van der Waals surface area contributed by atoms with Crippen LogP contribution in [-0.2, 0) is 11.3 Å². The molecule has 2 aromatic heterocycles. The number of methoxy groups -OCH3 is 1. The Hall–Kier alpha value is -3.78. The number of rotatable bonds is 6. The first-order chi connectivity index (χ1) is 15.0. The molecule has 0 unspecified atom stereocenters. The molecule has 2 aromatic carbocycles. The van der Waals surface area contributed by atoms with Crippen molar-refractivity contribution in [3.63, 3.8) is 0 Å². The van der Waals surface area contributed by atoms with Crippen LogP contribution in [0.2, 0.25) is 0 Å². The van der Waals surface area contributed by atoms with Gasteiger partial charge in [-0.1, -0.05) is 30.3 Å². The molecule has 4 rings (SSSR count). The molecule has 0 fully saturated rings. The van der Waals surface area contributed by atoms with E-state index in [-0.39, 0.29) is 11.8 Å². The van der Waals surface area contributed by atoms with Gasteiger partial charge in [0, 0.05) is 29.8 Å². The van der Waals surface area contributed by atoms with Gasteiger partial charge in [0.15, 0.2) is 5.13 Å². The third-order valence-electron chi connectivity index (χ3n) is 4.64. The fourth-order valence-electron chi connectivity index (χ4n) is 3.00. The van der Waals surface area contributed by atoms with E-state index in [1.165, 1.54) is 18.3 Å². The molecule has 2 heterocycles. The van der Waals surface area contributed by atoms with Crippen molar-refractivity contribution in [1.82, 2.24) is 15.3 Å². The van der Waals surface area contributed by atoms with Crippen LogP contribution >= 0.6 is 11.3 Å². The highest BCUT2D eigenvalue weighted by molar-refractivity contribution is 7.14. The van der Waals surface area contributed by atoms with Gasteiger partial charge in [-0.05, 0) is 29.8 Å². The summed E-state index contributed by atoms with van der Waals surface area (Å²) in [6.45, 7) is 1.98. The number of hydrogen-bond acceptors (Lipinski definition) is 6. The zero-order valence-electron chi connectivity index (χ0n) is 17.0. The first-order valence-electron chi connectivity index (χ1n) is 9.57. The van der Waals surface area contributed by atoms with Crippen LogP contribution in [0.15, 0.2) is 60.0 Å². The quantitative estimate of drug-likeness (QED) is 0.475. The predicted octanol–water partition coefficient (Wildman–Crippen LogP) is 4.26. The lowest BCUT2D eigenvalue weighted by molar-refractivity contribution is -0.119. The van der Waals surface area contributed by atoms with Gasteiger partial charge in [-0.2, -0.15) is 0 Å². The lowest BCUT2D eigenvalue weighted by Crippen LogP contribution is -2.18. The van der Waals surface area contributed by atoms with Crippen LogP contribution in [0.25, 0.3) is 22.2 Å². The fourth-order valence-corrected chi connectivity index (χ4v) is 3.72.